The van der Waals surface area contributed by atoms with Crippen LogP contribution in [0, 0.1) is 11.8 Å². The quantitative estimate of drug-likeness (QED) is 0.420. The monoisotopic (exact) mass is 404 g/mol. The SMILES string of the molecule is CCCCC(CC)COC(=O)C(C)O.CCCCC(CC)COC(=O)[C@H](C)O. The largest absolute Gasteiger partial charge is 0.463 e. The molecule has 6 heteroatoms. The van der Waals surface area contributed by atoms with Crippen molar-refractivity contribution in [2.45, 2.75) is 105 Å². The van der Waals surface area contributed by atoms with E-state index in [-0.39, 0.29) is 0 Å². The van der Waals surface area contributed by atoms with Crippen LogP contribution in [0.2, 0.25) is 0 Å². The maximum Gasteiger partial charge on any atom is 0.334 e. The molecule has 0 radical (unpaired) electrons. The Labute approximate surface area is 172 Å². The number of esters is 2. The van der Waals surface area contributed by atoms with Gasteiger partial charge >= 0.3 is 11.9 Å². The molecule has 2 N–H and O–H groups in total. The molecule has 4 atom stereocenters. The minimum atomic E-state index is -1.00. The molecule has 0 spiro atoms. The summed E-state index contributed by atoms with van der Waals surface area (Å²) in [5.74, 6) is -0.143. The van der Waals surface area contributed by atoms with E-state index in [9.17, 15) is 9.59 Å². The lowest BCUT2D eigenvalue weighted by Gasteiger charge is -2.15. The Hall–Kier alpha value is -1.14. The minimum absolute atomic E-state index is 0.442. The Morgan fingerprint density at radius 2 is 1.04 bits per heavy atom. The third kappa shape index (κ3) is 17.0. The number of ether oxygens (including phenoxy) is 2. The zero-order valence-electron chi connectivity index (χ0n) is 18.9. The molecule has 0 bridgehead atoms. The molecule has 168 valence electrons. The van der Waals surface area contributed by atoms with E-state index >= 15 is 0 Å². The van der Waals surface area contributed by atoms with Crippen molar-refractivity contribution in [3.8, 4) is 0 Å². The summed E-state index contributed by atoms with van der Waals surface area (Å²) >= 11 is 0. The molecule has 0 rings (SSSR count). The molecule has 0 aromatic heterocycles. The van der Waals surface area contributed by atoms with Gasteiger partial charge in [-0.15, -0.1) is 0 Å². The highest BCUT2D eigenvalue weighted by Crippen LogP contribution is 2.13. The van der Waals surface area contributed by atoms with Crippen molar-refractivity contribution in [1.29, 1.82) is 0 Å². The molecule has 0 aliphatic heterocycles. The van der Waals surface area contributed by atoms with Gasteiger partial charge in [0.15, 0.2) is 0 Å². The van der Waals surface area contributed by atoms with E-state index in [1.54, 1.807) is 0 Å². The van der Waals surface area contributed by atoms with Crippen LogP contribution < -0.4 is 0 Å². The number of aliphatic hydroxyl groups is 2. The molecule has 6 nitrogen and oxygen atoms in total. The maximum absolute atomic E-state index is 11.0. The Morgan fingerprint density at radius 1 is 0.714 bits per heavy atom. The standard InChI is InChI=1S/2C11H22O3/c2*1-4-6-7-10(5-2)8-14-11(13)9(3)12/h2*9-10,12H,4-8H2,1-3H3/t9-,10?;/m0./s1. The summed E-state index contributed by atoms with van der Waals surface area (Å²) in [5, 5.41) is 17.8. The first kappa shape index (κ1) is 29.1. The predicted octanol–water partition coefficient (Wildman–Crippen LogP) is 4.25. The molecule has 28 heavy (non-hydrogen) atoms. The molecule has 0 aliphatic carbocycles. The van der Waals surface area contributed by atoms with Gasteiger partial charge < -0.3 is 19.7 Å². The van der Waals surface area contributed by atoms with E-state index in [2.05, 4.69) is 27.7 Å². The number of carbonyl (C=O) groups excluding carboxylic acids is 2. The summed E-state index contributed by atoms with van der Waals surface area (Å²) < 4.78 is 9.93. The fraction of sp³-hybridized carbons (Fsp3) is 0.909. The Bertz CT molecular complexity index is 345. The normalized spacial score (nSPS) is 14.9. The van der Waals surface area contributed by atoms with Crippen LogP contribution in [-0.4, -0.2) is 47.6 Å². The molecule has 0 heterocycles. The number of rotatable bonds is 14. The van der Waals surface area contributed by atoms with Crippen molar-refractivity contribution in [2.24, 2.45) is 11.8 Å². The molecule has 0 saturated carbocycles. The van der Waals surface area contributed by atoms with Gasteiger partial charge in [-0.05, 0) is 38.5 Å². The van der Waals surface area contributed by atoms with Crippen LogP contribution in [0.25, 0.3) is 0 Å². The maximum atomic E-state index is 11.0. The Morgan fingerprint density at radius 3 is 1.25 bits per heavy atom. The highest BCUT2D eigenvalue weighted by Gasteiger charge is 2.14. The van der Waals surface area contributed by atoms with Gasteiger partial charge in [0, 0.05) is 0 Å². The van der Waals surface area contributed by atoms with Gasteiger partial charge in [-0.2, -0.15) is 0 Å². The lowest BCUT2D eigenvalue weighted by Crippen LogP contribution is -2.22. The fourth-order valence-electron chi connectivity index (χ4n) is 2.44. The molecule has 0 fully saturated rings. The second-order valence-corrected chi connectivity index (χ2v) is 7.45. The first-order valence-electron chi connectivity index (χ1n) is 10.9. The molecule has 0 amide bonds. The Kier molecular flexibility index (Phi) is 19.9. The topological polar surface area (TPSA) is 93.1 Å². The average molecular weight is 405 g/mol. The second kappa shape index (κ2) is 19.2. The third-order valence-corrected chi connectivity index (χ3v) is 4.69. The van der Waals surface area contributed by atoms with E-state index in [1.165, 1.54) is 39.5 Å². The first-order chi connectivity index (χ1) is 13.2. The van der Waals surface area contributed by atoms with Gasteiger partial charge in [0.05, 0.1) is 13.2 Å². The van der Waals surface area contributed by atoms with Gasteiger partial charge in [0.2, 0.25) is 0 Å². The van der Waals surface area contributed by atoms with Crippen LogP contribution in [0.3, 0.4) is 0 Å². The molecule has 0 aromatic carbocycles. The van der Waals surface area contributed by atoms with Crippen molar-refractivity contribution in [3.05, 3.63) is 0 Å². The summed E-state index contributed by atoms with van der Waals surface area (Å²) in [5.41, 5.74) is 0. The highest BCUT2D eigenvalue weighted by atomic mass is 16.6. The van der Waals surface area contributed by atoms with E-state index in [0.717, 1.165) is 25.7 Å². The summed E-state index contributed by atoms with van der Waals surface area (Å²) in [6, 6.07) is 0. The molecule has 0 saturated heterocycles. The van der Waals surface area contributed by atoms with E-state index in [1.807, 2.05) is 0 Å². The van der Waals surface area contributed by atoms with Crippen molar-refractivity contribution < 1.29 is 29.3 Å². The van der Waals surface area contributed by atoms with E-state index < -0.39 is 24.1 Å². The van der Waals surface area contributed by atoms with Crippen LogP contribution in [-0.2, 0) is 19.1 Å². The molecule has 0 aliphatic rings. The zero-order valence-corrected chi connectivity index (χ0v) is 18.9. The number of carbonyl (C=O) groups is 2. The van der Waals surface area contributed by atoms with Crippen LogP contribution in [0.15, 0.2) is 0 Å². The van der Waals surface area contributed by atoms with Gasteiger partial charge in [0.25, 0.3) is 0 Å². The third-order valence-electron chi connectivity index (χ3n) is 4.69. The van der Waals surface area contributed by atoms with Gasteiger partial charge in [-0.1, -0.05) is 66.2 Å². The average Bonchev–Trinajstić information content (AvgIpc) is 2.68. The molecule has 0 aromatic rings. The molecular formula is C22H44O6. The number of hydrogen-bond donors (Lipinski definition) is 2. The van der Waals surface area contributed by atoms with Crippen molar-refractivity contribution in [1.82, 2.24) is 0 Å². The smallest absolute Gasteiger partial charge is 0.334 e. The summed E-state index contributed by atoms with van der Waals surface area (Å²) in [4.78, 5) is 21.9. The molecular weight excluding hydrogens is 360 g/mol. The van der Waals surface area contributed by atoms with E-state index in [4.69, 9.17) is 19.7 Å². The Balaban J connectivity index is 0. The summed E-state index contributed by atoms with van der Waals surface area (Å²) in [6.45, 7) is 12.2. The van der Waals surface area contributed by atoms with Gasteiger partial charge in [0.1, 0.15) is 12.2 Å². The van der Waals surface area contributed by atoms with Crippen LogP contribution >= 0.6 is 0 Å². The van der Waals surface area contributed by atoms with Crippen molar-refractivity contribution in [2.75, 3.05) is 13.2 Å². The van der Waals surface area contributed by atoms with Crippen LogP contribution in [0.5, 0.6) is 0 Å². The predicted molar refractivity (Wildman–Crippen MR) is 112 cm³/mol. The lowest BCUT2D eigenvalue weighted by molar-refractivity contribution is -0.154. The van der Waals surface area contributed by atoms with Crippen LogP contribution in [0.4, 0.5) is 0 Å². The number of unbranched alkanes of at least 4 members (excludes halogenated alkanes) is 2. The van der Waals surface area contributed by atoms with E-state index in [0.29, 0.717) is 25.0 Å². The number of aliphatic hydroxyl groups excluding tert-OH is 2. The van der Waals surface area contributed by atoms with Gasteiger partial charge in [-0.3, -0.25) is 0 Å². The summed E-state index contributed by atoms with van der Waals surface area (Å²) in [7, 11) is 0. The highest BCUT2D eigenvalue weighted by molar-refractivity contribution is 5.74. The number of hydrogen-bond acceptors (Lipinski definition) is 6. The zero-order chi connectivity index (χ0) is 21.9. The lowest BCUT2D eigenvalue weighted by atomic mass is 10.0. The fourth-order valence-corrected chi connectivity index (χ4v) is 2.44. The van der Waals surface area contributed by atoms with Crippen LogP contribution in [0.1, 0.15) is 92.9 Å². The molecule has 3 unspecified atom stereocenters. The second-order valence-electron chi connectivity index (χ2n) is 7.45. The summed E-state index contributed by atoms with van der Waals surface area (Å²) in [6.07, 6.45) is 6.91. The van der Waals surface area contributed by atoms with Gasteiger partial charge in [-0.25, -0.2) is 9.59 Å². The first-order valence-corrected chi connectivity index (χ1v) is 10.9. The minimum Gasteiger partial charge on any atom is -0.463 e. The van der Waals surface area contributed by atoms with Crippen molar-refractivity contribution in [3.63, 3.8) is 0 Å². The van der Waals surface area contributed by atoms with Crippen molar-refractivity contribution >= 4 is 11.9 Å².